The predicted octanol–water partition coefficient (Wildman–Crippen LogP) is 1.98. The molecule has 2 fully saturated rings. The van der Waals surface area contributed by atoms with Gasteiger partial charge in [0.05, 0.1) is 6.10 Å². The molecule has 0 bridgehead atoms. The third-order valence-electron chi connectivity index (χ3n) is 20.9. The van der Waals surface area contributed by atoms with Gasteiger partial charge in [0.15, 0.2) is 0 Å². The molecule has 3 rings (SSSR count). The standard InChI is InChI=1S/C80H133N15O17/c1-22-46(17)35-36-56(97)85-57(40(5)6)72(103)86-60(43(11)12)74(105)93-65(49(20)96)77(108)88-59(42(9)10)73(104)89-61(44(13)14)79(110)95-38-30-34-55(95)70(101)83-53(33-29-37-81)68(99)91-63(47(18)23-2)76(107)94-66-50(21)112-80(111)62(45(15)16)90-67(98)52(25-4)82-69(100)54(39-51-31-27-26-28-32-51)84-71(102)58(41(7)8)87-75(106)64(48(19)24-3)92-78(66)109/h25-28,31-32,40-50,53-55,57-66,96H,22-24,29-30,33-39,81H2,1-21H3,(H,82,100)(H,83,101)(H,84,102)(H,85,97)(H,86,103)(H,87,106)(H,88,108)(H,89,104)(H,90,98)(H,91,99)(H,92,109)(H,93,105)(H,94,107)/b52-25-/t46?,47-,48+,49+,50?,53-,54-,55+,57-,58+,59-,60-,61+,62-,63+,64?,65-,66?/m0/s1. The lowest BCUT2D eigenvalue weighted by molar-refractivity contribution is -0.157. The van der Waals surface area contributed by atoms with E-state index < -0.39 is 215 Å². The molecule has 0 radical (unpaired) electrons. The Morgan fingerprint density at radius 1 is 0.571 bits per heavy atom. The van der Waals surface area contributed by atoms with E-state index in [0.29, 0.717) is 30.7 Å². The van der Waals surface area contributed by atoms with E-state index in [1.807, 2.05) is 13.8 Å². The summed E-state index contributed by atoms with van der Waals surface area (Å²) in [5.41, 5.74) is 6.34. The van der Waals surface area contributed by atoms with Crippen molar-refractivity contribution in [2.24, 2.45) is 59.0 Å². The summed E-state index contributed by atoms with van der Waals surface area (Å²) in [6, 6.07) is -9.13. The van der Waals surface area contributed by atoms with Gasteiger partial charge < -0.3 is 89.6 Å². The van der Waals surface area contributed by atoms with Crippen LogP contribution in [0, 0.1) is 53.3 Å². The third kappa shape index (κ3) is 29.2. The molecule has 1 aromatic rings. The lowest BCUT2D eigenvalue weighted by Gasteiger charge is -2.34. The maximum absolute atomic E-state index is 15.1. The van der Waals surface area contributed by atoms with Gasteiger partial charge in [-0.15, -0.1) is 0 Å². The van der Waals surface area contributed by atoms with Crippen LogP contribution < -0.4 is 74.9 Å². The van der Waals surface area contributed by atoms with E-state index in [0.717, 1.165) is 6.42 Å². The highest BCUT2D eigenvalue weighted by Crippen LogP contribution is 2.24. The largest absolute Gasteiger partial charge is 0.458 e. The summed E-state index contributed by atoms with van der Waals surface area (Å²) in [7, 11) is 0. The number of likely N-dealkylation sites (tertiary alicyclic amines) is 1. The number of nitrogens with two attached hydrogens (primary N) is 1. The van der Waals surface area contributed by atoms with E-state index in [-0.39, 0.29) is 69.1 Å². The number of allylic oxidation sites excluding steroid dienone is 1. The highest BCUT2D eigenvalue weighted by atomic mass is 16.5. The highest BCUT2D eigenvalue weighted by Gasteiger charge is 2.45. The topological polar surface area (TPSA) is 471 Å². The van der Waals surface area contributed by atoms with Crippen molar-refractivity contribution in [1.29, 1.82) is 0 Å². The zero-order chi connectivity index (χ0) is 84.9. The van der Waals surface area contributed by atoms with Gasteiger partial charge in [0.1, 0.15) is 90.3 Å². The second-order valence-corrected chi connectivity index (χ2v) is 32.2. The zero-order valence-corrected chi connectivity index (χ0v) is 69.8. The van der Waals surface area contributed by atoms with Crippen molar-refractivity contribution in [3.8, 4) is 0 Å². The Morgan fingerprint density at radius 2 is 1.08 bits per heavy atom. The molecule has 1 aromatic carbocycles. The fourth-order valence-corrected chi connectivity index (χ4v) is 12.8. The van der Waals surface area contributed by atoms with Crippen molar-refractivity contribution in [2.75, 3.05) is 13.1 Å². The van der Waals surface area contributed by atoms with Crippen LogP contribution in [0.3, 0.4) is 0 Å². The van der Waals surface area contributed by atoms with Gasteiger partial charge in [-0.1, -0.05) is 180 Å². The summed E-state index contributed by atoms with van der Waals surface area (Å²) in [5, 5.41) is 46.0. The SMILES string of the molecule is C/C=C1\NC(=O)[C@H](Cc2ccccc2)NC(=O)[C@@H](C(C)C)NC(=O)C([C@H](C)CC)NC(=O)C(NC(=O)[C@H](NC(=O)[C@H](CCCN)NC(=O)[C@H]2CCCN2C(=O)[C@H](NC(=O)[C@@H](NC(=O)[C@@H](NC(=O)[C@@H](NC(=O)[C@@H](NC(=O)CCC(C)CC)C(C)C)C(C)C)[C@@H](C)O)C(C)C)C(C)C)[C@@H](C)CC)C(C)OC(=O)[C@H](C(C)C)NC1=O. The lowest BCUT2D eigenvalue weighted by Crippen LogP contribution is -2.64. The van der Waals surface area contributed by atoms with Crippen molar-refractivity contribution in [1.82, 2.24) is 74.0 Å². The molecule has 2 aliphatic heterocycles. The second kappa shape index (κ2) is 46.8. The maximum atomic E-state index is 15.1. The van der Waals surface area contributed by atoms with Gasteiger partial charge in [-0.2, -0.15) is 0 Å². The molecule has 16 N–H and O–H groups in total. The molecule has 0 aliphatic carbocycles. The fourth-order valence-electron chi connectivity index (χ4n) is 12.8. The van der Waals surface area contributed by atoms with Gasteiger partial charge in [0.25, 0.3) is 5.91 Å². The molecule has 4 unspecified atom stereocenters. The zero-order valence-electron chi connectivity index (χ0n) is 69.8. The number of esters is 1. The molecule has 2 aliphatic rings. The van der Waals surface area contributed by atoms with Crippen LogP contribution in [-0.4, -0.2) is 203 Å². The minimum atomic E-state index is -1.84. The monoisotopic (exact) mass is 1580 g/mol. The molecule has 14 amide bonds. The minimum absolute atomic E-state index is 0.0406. The summed E-state index contributed by atoms with van der Waals surface area (Å²) >= 11 is 0. The number of aliphatic hydroxyl groups is 1. The number of carbonyl (C=O) groups excluding carboxylic acids is 15. The molecule has 32 heteroatoms. The first-order chi connectivity index (χ1) is 52.5. The van der Waals surface area contributed by atoms with Crippen LogP contribution in [0.25, 0.3) is 0 Å². The van der Waals surface area contributed by atoms with E-state index in [1.165, 1.54) is 31.7 Å². The first kappa shape index (κ1) is 97.1. The number of nitrogens with zero attached hydrogens (tertiary/aromatic N) is 1. The number of amides is 14. The van der Waals surface area contributed by atoms with Gasteiger partial charge in [0.2, 0.25) is 76.8 Å². The number of cyclic esters (lactones) is 1. The molecule has 0 saturated carbocycles. The van der Waals surface area contributed by atoms with Crippen LogP contribution in [0.15, 0.2) is 42.1 Å². The molecule has 0 aromatic heterocycles. The molecule has 18 atom stereocenters. The lowest BCUT2D eigenvalue weighted by atomic mass is 9.95. The van der Waals surface area contributed by atoms with Crippen molar-refractivity contribution in [3.63, 3.8) is 0 Å². The summed E-state index contributed by atoms with van der Waals surface area (Å²) in [6.07, 6.45) is 0.952. The quantitative estimate of drug-likeness (QED) is 0.0337. The van der Waals surface area contributed by atoms with Crippen molar-refractivity contribution < 1.29 is 81.8 Å². The summed E-state index contributed by atoms with van der Waals surface area (Å²) in [5.74, 6) is -16.7. The number of hydrogen-bond donors (Lipinski definition) is 15. The molecule has 112 heavy (non-hydrogen) atoms. The van der Waals surface area contributed by atoms with Crippen LogP contribution in [0.5, 0.6) is 0 Å². The fraction of sp³-hybridized carbons (Fsp3) is 0.713. The number of hydrogen-bond acceptors (Lipinski definition) is 18. The molecule has 2 saturated heterocycles. The normalized spacial score (nSPS) is 22.4. The van der Waals surface area contributed by atoms with E-state index in [2.05, 4.69) is 69.1 Å². The van der Waals surface area contributed by atoms with Gasteiger partial charge >= 0.3 is 5.97 Å². The number of benzene rings is 1. The van der Waals surface area contributed by atoms with Crippen LogP contribution in [0.4, 0.5) is 0 Å². The molecule has 630 valence electrons. The number of aliphatic hydroxyl groups excluding tert-OH is 1. The van der Waals surface area contributed by atoms with Crippen LogP contribution >= 0.6 is 0 Å². The summed E-state index contributed by atoms with van der Waals surface area (Å²) in [4.78, 5) is 217. The first-order valence-corrected chi connectivity index (χ1v) is 40.0. The van der Waals surface area contributed by atoms with Crippen LogP contribution in [0.1, 0.15) is 209 Å². The van der Waals surface area contributed by atoms with Crippen LogP contribution in [0.2, 0.25) is 0 Å². The number of ether oxygens (including phenoxy) is 1. The first-order valence-electron chi connectivity index (χ1n) is 40.0. The second-order valence-electron chi connectivity index (χ2n) is 32.2. The van der Waals surface area contributed by atoms with Gasteiger partial charge in [-0.25, -0.2) is 4.79 Å². The van der Waals surface area contributed by atoms with E-state index in [9.17, 15) is 67.4 Å². The van der Waals surface area contributed by atoms with Gasteiger partial charge in [-0.3, -0.25) is 67.1 Å². The summed E-state index contributed by atoms with van der Waals surface area (Å²) < 4.78 is 5.97. The third-order valence-corrected chi connectivity index (χ3v) is 20.9. The molecule has 32 nitrogen and oxygen atoms in total. The smallest absolute Gasteiger partial charge is 0.329 e. The minimum Gasteiger partial charge on any atom is -0.458 e. The Hall–Kier alpha value is -9.07. The van der Waals surface area contributed by atoms with E-state index >= 15 is 9.59 Å². The Labute approximate surface area is 661 Å². The number of carbonyl (C=O) groups is 15. The average Bonchev–Trinajstić information content (AvgIpc) is 1.58. The van der Waals surface area contributed by atoms with Gasteiger partial charge in [0, 0.05) is 19.4 Å². The number of nitrogens with one attached hydrogen (secondary N) is 13. The predicted molar refractivity (Wildman–Crippen MR) is 422 cm³/mol. The van der Waals surface area contributed by atoms with Crippen LogP contribution in [-0.2, 0) is 83.1 Å². The van der Waals surface area contributed by atoms with Gasteiger partial charge in [-0.05, 0) is 118 Å². The average molecular weight is 1580 g/mol. The Kier molecular flexibility index (Phi) is 40.6. The van der Waals surface area contributed by atoms with Crippen molar-refractivity contribution in [3.05, 3.63) is 47.7 Å². The Balaban J connectivity index is 1.98. The highest BCUT2D eigenvalue weighted by molar-refractivity contribution is 6.03. The molecular formula is C80H133N15O17. The van der Waals surface area contributed by atoms with Crippen molar-refractivity contribution >= 4 is 88.7 Å². The van der Waals surface area contributed by atoms with Crippen molar-refractivity contribution in [2.45, 2.75) is 300 Å². The maximum Gasteiger partial charge on any atom is 0.329 e. The Bertz CT molecular complexity index is 3400. The molecule has 2 heterocycles. The van der Waals surface area contributed by atoms with E-state index in [1.54, 1.807) is 141 Å². The Morgan fingerprint density at radius 3 is 1.58 bits per heavy atom. The molecular weight excluding hydrogens is 1440 g/mol. The molecule has 0 spiro atoms. The summed E-state index contributed by atoms with van der Waals surface area (Å²) in [6.45, 7) is 34.9. The number of rotatable bonds is 36. The van der Waals surface area contributed by atoms with E-state index in [4.69, 9.17) is 10.5 Å².